The quantitative estimate of drug-likeness (QED) is 0.432. The lowest BCUT2D eigenvalue weighted by Crippen LogP contribution is -2.29. The van der Waals surface area contributed by atoms with Crippen LogP contribution in [0.25, 0.3) is 10.9 Å². The van der Waals surface area contributed by atoms with Gasteiger partial charge in [-0.15, -0.1) is 0 Å². The van der Waals surface area contributed by atoms with E-state index in [0.717, 1.165) is 33.8 Å². The van der Waals surface area contributed by atoms with Gasteiger partial charge in [-0.1, -0.05) is 47.1 Å². The highest BCUT2D eigenvalue weighted by Gasteiger charge is 2.33. The standard InChI is InChI=1S/C25H24ClN3O3/c26-20-2-1-3-21-24(20)18(10-15-4-6-16(7-5-15)17-8-9-17)13-29(21)23-12-19(30)11-22(32-23)25-27-14-31-28-25/h1-7,13-14,17,19,22-23,30H,8-12H2/t19-,22-,23+/m0/s1. The molecule has 3 atom stereocenters. The minimum atomic E-state index is -0.521. The van der Waals surface area contributed by atoms with Crippen LogP contribution in [0, 0.1) is 0 Å². The summed E-state index contributed by atoms with van der Waals surface area (Å²) >= 11 is 6.66. The van der Waals surface area contributed by atoms with Crippen LogP contribution in [0.5, 0.6) is 0 Å². The molecule has 0 amide bonds. The van der Waals surface area contributed by atoms with Gasteiger partial charge in [0.05, 0.1) is 16.6 Å². The van der Waals surface area contributed by atoms with Gasteiger partial charge < -0.3 is 18.9 Å². The second-order valence-corrected chi connectivity index (χ2v) is 9.29. The van der Waals surface area contributed by atoms with Crippen molar-refractivity contribution in [1.82, 2.24) is 14.7 Å². The third kappa shape index (κ3) is 3.72. The third-order valence-corrected chi connectivity index (χ3v) is 6.88. The number of aromatic nitrogens is 3. The van der Waals surface area contributed by atoms with E-state index in [1.165, 1.54) is 30.4 Å². The molecule has 32 heavy (non-hydrogen) atoms. The summed E-state index contributed by atoms with van der Waals surface area (Å²) in [7, 11) is 0. The first-order valence-electron chi connectivity index (χ1n) is 11.1. The zero-order valence-electron chi connectivity index (χ0n) is 17.5. The van der Waals surface area contributed by atoms with Crippen LogP contribution in [-0.4, -0.2) is 25.9 Å². The Morgan fingerprint density at radius 1 is 1.09 bits per heavy atom. The summed E-state index contributed by atoms with van der Waals surface area (Å²) < 4.78 is 13.3. The molecule has 2 fully saturated rings. The molecule has 1 aliphatic carbocycles. The molecule has 7 heteroatoms. The fourth-order valence-electron chi connectivity index (χ4n) is 4.81. The molecule has 3 heterocycles. The van der Waals surface area contributed by atoms with E-state index in [-0.39, 0.29) is 6.23 Å². The van der Waals surface area contributed by atoms with Gasteiger partial charge in [-0.2, -0.15) is 4.98 Å². The Morgan fingerprint density at radius 3 is 2.69 bits per heavy atom. The number of halogens is 1. The maximum Gasteiger partial charge on any atom is 0.213 e. The lowest BCUT2D eigenvalue weighted by molar-refractivity contribution is -0.132. The molecular weight excluding hydrogens is 426 g/mol. The van der Waals surface area contributed by atoms with Crippen molar-refractivity contribution in [3.05, 3.63) is 82.6 Å². The maximum absolute atomic E-state index is 10.5. The summed E-state index contributed by atoms with van der Waals surface area (Å²) in [5, 5.41) is 16.2. The predicted molar refractivity (Wildman–Crippen MR) is 121 cm³/mol. The molecule has 6 nitrogen and oxygen atoms in total. The molecule has 0 radical (unpaired) electrons. The van der Waals surface area contributed by atoms with Gasteiger partial charge in [-0.3, -0.25) is 0 Å². The first-order chi connectivity index (χ1) is 15.7. The van der Waals surface area contributed by atoms with Crippen molar-refractivity contribution in [2.45, 2.75) is 56.5 Å². The van der Waals surface area contributed by atoms with Crippen molar-refractivity contribution in [3.63, 3.8) is 0 Å². The van der Waals surface area contributed by atoms with Gasteiger partial charge in [0.15, 0.2) is 0 Å². The Labute approximate surface area is 190 Å². The Morgan fingerprint density at radius 2 is 1.94 bits per heavy atom. The molecule has 1 N–H and O–H groups in total. The number of rotatable bonds is 5. The minimum absolute atomic E-state index is 0.353. The van der Waals surface area contributed by atoms with Crippen LogP contribution < -0.4 is 0 Å². The molecule has 1 aliphatic heterocycles. The predicted octanol–water partition coefficient (Wildman–Crippen LogP) is 5.56. The van der Waals surface area contributed by atoms with Crippen molar-refractivity contribution < 1.29 is 14.4 Å². The summed E-state index contributed by atoms with van der Waals surface area (Å²) in [4.78, 5) is 4.12. The zero-order chi connectivity index (χ0) is 21.7. The molecule has 0 unspecified atom stereocenters. The van der Waals surface area contributed by atoms with Gasteiger partial charge in [0.2, 0.25) is 12.2 Å². The monoisotopic (exact) mass is 449 g/mol. The molecule has 1 saturated carbocycles. The molecular formula is C25H24ClN3O3. The molecule has 4 aromatic rings. The molecule has 2 aromatic heterocycles. The van der Waals surface area contributed by atoms with Crippen LogP contribution in [0.15, 0.2) is 59.6 Å². The van der Waals surface area contributed by atoms with E-state index in [2.05, 4.69) is 51.2 Å². The fourth-order valence-corrected chi connectivity index (χ4v) is 5.10. The number of aliphatic hydroxyl groups excluding tert-OH is 1. The maximum atomic E-state index is 10.5. The normalized spacial score (nSPS) is 23.6. The van der Waals surface area contributed by atoms with E-state index in [9.17, 15) is 5.11 Å². The van der Waals surface area contributed by atoms with Crippen molar-refractivity contribution in [3.8, 4) is 0 Å². The van der Waals surface area contributed by atoms with Crippen LogP contribution in [0.1, 0.15) is 66.4 Å². The Balaban J connectivity index is 1.35. The van der Waals surface area contributed by atoms with E-state index in [1.807, 2.05) is 12.1 Å². The summed E-state index contributed by atoms with van der Waals surface area (Å²) in [6, 6.07) is 14.9. The highest BCUT2D eigenvalue weighted by molar-refractivity contribution is 6.35. The van der Waals surface area contributed by atoms with E-state index >= 15 is 0 Å². The summed E-state index contributed by atoms with van der Waals surface area (Å²) in [6.45, 7) is 0. The second-order valence-electron chi connectivity index (χ2n) is 8.88. The van der Waals surface area contributed by atoms with Crippen molar-refractivity contribution in [2.24, 2.45) is 0 Å². The van der Waals surface area contributed by atoms with Crippen molar-refractivity contribution in [1.29, 1.82) is 0 Å². The fraction of sp³-hybridized carbons (Fsp3) is 0.360. The number of hydrogen-bond donors (Lipinski definition) is 1. The van der Waals surface area contributed by atoms with Gasteiger partial charge in [0, 0.05) is 24.4 Å². The van der Waals surface area contributed by atoms with Crippen LogP contribution in [0.3, 0.4) is 0 Å². The minimum Gasteiger partial charge on any atom is -0.393 e. The Bertz CT molecular complexity index is 1230. The molecule has 6 rings (SSSR count). The second kappa shape index (κ2) is 8.03. The van der Waals surface area contributed by atoms with Crippen LogP contribution in [-0.2, 0) is 11.2 Å². The van der Waals surface area contributed by atoms with Gasteiger partial charge in [0.1, 0.15) is 12.3 Å². The number of nitrogens with zero attached hydrogens (tertiary/aromatic N) is 3. The van der Waals surface area contributed by atoms with Crippen LogP contribution >= 0.6 is 11.6 Å². The number of benzene rings is 2. The number of aliphatic hydroxyl groups is 1. The molecule has 1 saturated heterocycles. The average molecular weight is 450 g/mol. The van der Waals surface area contributed by atoms with Gasteiger partial charge in [-0.25, -0.2) is 0 Å². The molecule has 2 aliphatic rings. The Hall–Kier alpha value is -2.67. The molecule has 2 aromatic carbocycles. The van der Waals surface area contributed by atoms with E-state index in [1.54, 1.807) is 0 Å². The van der Waals surface area contributed by atoms with Crippen molar-refractivity contribution >= 4 is 22.5 Å². The lowest BCUT2D eigenvalue weighted by Gasteiger charge is -2.32. The van der Waals surface area contributed by atoms with E-state index < -0.39 is 12.2 Å². The lowest BCUT2D eigenvalue weighted by atomic mass is 10.0. The Kier molecular flexibility index (Phi) is 5.01. The van der Waals surface area contributed by atoms with Gasteiger partial charge >= 0.3 is 0 Å². The van der Waals surface area contributed by atoms with Crippen LogP contribution in [0.4, 0.5) is 0 Å². The zero-order valence-corrected chi connectivity index (χ0v) is 18.3. The number of fused-ring (bicyclic) bond motifs is 1. The topological polar surface area (TPSA) is 73.3 Å². The molecule has 0 bridgehead atoms. The molecule has 164 valence electrons. The highest BCUT2D eigenvalue weighted by atomic mass is 35.5. The summed E-state index contributed by atoms with van der Waals surface area (Å²) in [6.07, 6.45) is 6.42. The SMILES string of the molecule is O[C@H]1C[C@@H](c2ncon2)O[C@@H](n2cc(Cc3ccc(C4CC4)cc3)c3c(Cl)cccc32)C1. The summed E-state index contributed by atoms with van der Waals surface area (Å²) in [5.74, 6) is 1.21. The smallest absolute Gasteiger partial charge is 0.213 e. The van der Waals surface area contributed by atoms with Crippen molar-refractivity contribution in [2.75, 3.05) is 0 Å². The van der Waals surface area contributed by atoms with Gasteiger partial charge in [0.25, 0.3) is 0 Å². The highest BCUT2D eigenvalue weighted by Crippen LogP contribution is 2.41. The number of ether oxygens (including phenoxy) is 1. The average Bonchev–Trinajstić information content (AvgIpc) is 3.36. The first-order valence-corrected chi connectivity index (χ1v) is 11.5. The number of hydrogen-bond acceptors (Lipinski definition) is 5. The van der Waals surface area contributed by atoms with E-state index in [4.69, 9.17) is 20.9 Å². The largest absolute Gasteiger partial charge is 0.393 e. The first kappa shape index (κ1) is 20.0. The van der Waals surface area contributed by atoms with E-state index in [0.29, 0.717) is 18.7 Å². The summed E-state index contributed by atoms with van der Waals surface area (Å²) in [5.41, 5.74) is 4.83. The molecule has 0 spiro atoms. The third-order valence-electron chi connectivity index (χ3n) is 6.57. The van der Waals surface area contributed by atoms with Crippen LogP contribution in [0.2, 0.25) is 5.02 Å². The van der Waals surface area contributed by atoms with Gasteiger partial charge in [-0.05, 0) is 54.0 Å².